The van der Waals surface area contributed by atoms with E-state index in [1.165, 1.54) is 11.2 Å². The van der Waals surface area contributed by atoms with Gasteiger partial charge in [-0.05, 0) is 17.0 Å². The Bertz CT molecular complexity index is 774. The molecule has 0 spiro atoms. The number of aromatic nitrogens is 3. The first-order chi connectivity index (χ1) is 10.9. The second-order valence-electron chi connectivity index (χ2n) is 6.27. The number of nitrogens with zero attached hydrogens (tertiary/aromatic N) is 4. The zero-order valence-corrected chi connectivity index (χ0v) is 14.3. The Morgan fingerprint density at radius 3 is 2.39 bits per heavy atom. The van der Waals surface area contributed by atoms with Gasteiger partial charge in [0, 0.05) is 6.20 Å². The highest BCUT2D eigenvalue weighted by molar-refractivity contribution is 6.32. The van der Waals surface area contributed by atoms with Gasteiger partial charge in [-0.15, -0.1) is 0 Å². The monoisotopic (exact) mass is 334 g/mol. The average molecular weight is 335 g/mol. The molecular weight excluding hydrogens is 316 g/mol. The van der Waals surface area contributed by atoms with Crippen molar-refractivity contribution >= 4 is 28.9 Å². The minimum atomic E-state index is -0.176. The lowest BCUT2D eigenvalue weighted by Crippen LogP contribution is -2.35. The zero-order valence-electron chi connectivity index (χ0n) is 13.6. The number of hydrogen-bond donors (Lipinski definition) is 0. The molecule has 0 radical (unpaired) electrons. The van der Waals surface area contributed by atoms with Crippen molar-refractivity contribution in [3.05, 3.63) is 29.3 Å². The molecule has 6 nitrogen and oxygen atoms in total. The number of likely N-dealkylation sites (tertiary alicyclic amines) is 1. The van der Waals surface area contributed by atoms with Crippen molar-refractivity contribution in [3.63, 3.8) is 0 Å². The lowest BCUT2D eigenvalue weighted by atomic mass is 10.1. The minimum Gasteiger partial charge on any atom is -0.278 e. The van der Waals surface area contributed by atoms with E-state index in [2.05, 4.69) is 10.1 Å². The van der Waals surface area contributed by atoms with Crippen molar-refractivity contribution in [1.29, 1.82) is 0 Å². The molecule has 0 bridgehead atoms. The molecule has 2 aliphatic rings. The molecule has 122 valence electrons. The zero-order chi connectivity index (χ0) is 16.9. The predicted octanol–water partition coefficient (Wildman–Crippen LogP) is 2.55. The van der Waals surface area contributed by atoms with Crippen LogP contribution in [0.2, 0.25) is 5.15 Å². The van der Waals surface area contributed by atoms with Crippen LogP contribution >= 0.6 is 11.6 Å². The van der Waals surface area contributed by atoms with Crippen LogP contribution in [0.15, 0.2) is 18.6 Å². The number of piperidine rings is 1. The van der Waals surface area contributed by atoms with Crippen LogP contribution in [0, 0.1) is 17.3 Å². The molecule has 1 saturated carbocycles. The molecule has 2 aromatic rings. The summed E-state index contributed by atoms with van der Waals surface area (Å²) in [5.41, 5.74) is 1.31. The third kappa shape index (κ3) is 2.24. The number of fused-ring (bicyclic) bond motifs is 2. The molecule has 1 saturated heterocycles. The molecule has 2 aromatic heterocycles. The van der Waals surface area contributed by atoms with Crippen LogP contribution in [0.4, 0.5) is 0 Å². The highest BCUT2D eigenvalue weighted by Crippen LogP contribution is 2.63. The Hall–Kier alpha value is -1.95. The van der Waals surface area contributed by atoms with Crippen molar-refractivity contribution < 1.29 is 9.59 Å². The second-order valence-corrected chi connectivity index (χ2v) is 6.63. The highest BCUT2D eigenvalue weighted by atomic mass is 35.5. The lowest BCUT2D eigenvalue weighted by Gasteiger charge is -2.19. The largest absolute Gasteiger partial charge is 0.278 e. The lowest BCUT2D eigenvalue weighted by molar-refractivity contribution is -0.143. The summed E-state index contributed by atoms with van der Waals surface area (Å²) in [4.78, 5) is 29.9. The summed E-state index contributed by atoms with van der Waals surface area (Å²) in [6.07, 6.45) is 3.13. The molecule has 1 aliphatic heterocycles. The van der Waals surface area contributed by atoms with Crippen LogP contribution in [0.25, 0.3) is 5.52 Å². The Morgan fingerprint density at radius 1 is 1.22 bits per heavy atom. The van der Waals surface area contributed by atoms with Gasteiger partial charge in [0.05, 0.1) is 18.4 Å². The molecule has 2 amide bonds. The van der Waals surface area contributed by atoms with Gasteiger partial charge in [0.25, 0.3) is 0 Å². The van der Waals surface area contributed by atoms with Crippen molar-refractivity contribution in [2.45, 2.75) is 34.2 Å². The Morgan fingerprint density at radius 2 is 1.83 bits per heavy atom. The van der Waals surface area contributed by atoms with Crippen LogP contribution in [0.3, 0.4) is 0 Å². The van der Waals surface area contributed by atoms with Crippen molar-refractivity contribution in [2.24, 2.45) is 17.3 Å². The summed E-state index contributed by atoms with van der Waals surface area (Å²) in [5, 5.41) is 4.40. The van der Waals surface area contributed by atoms with Crippen LogP contribution in [-0.2, 0) is 16.1 Å². The third-order valence-electron chi connectivity index (χ3n) is 4.65. The molecule has 1 aliphatic carbocycles. The van der Waals surface area contributed by atoms with Gasteiger partial charge in [-0.2, -0.15) is 5.10 Å². The Balaban J connectivity index is 0.000000753. The Kier molecular flexibility index (Phi) is 3.67. The van der Waals surface area contributed by atoms with Crippen molar-refractivity contribution in [1.82, 2.24) is 19.5 Å². The van der Waals surface area contributed by atoms with Crippen LogP contribution in [0.1, 0.15) is 33.3 Å². The topological polar surface area (TPSA) is 67.6 Å². The van der Waals surface area contributed by atoms with E-state index in [0.29, 0.717) is 10.7 Å². The van der Waals surface area contributed by atoms with Crippen molar-refractivity contribution in [2.75, 3.05) is 0 Å². The predicted molar refractivity (Wildman–Crippen MR) is 85.7 cm³/mol. The van der Waals surface area contributed by atoms with Gasteiger partial charge in [0.1, 0.15) is 11.8 Å². The number of imide groups is 1. The van der Waals surface area contributed by atoms with E-state index in [9.17, 15) is 9.59 Å². The normalized spacial score (nSPS) is 24.5. The van der Waals surface area contributed by atoms with E-state index in [4.69, 9.17) is 11.6 Å². The summed E-state index contributed by atoms with van der Waals surface area (Å²) in [7, 11) is 0. The first-order valence-electron chi connectivity index (χ1n) is 7.74. The molecule has 23 heavy (non-hydrogen) atoms. The first-order valence-corrected chi connectivity index (χ1v) is 8.12. The average Bonchev–Trinajstić information content (AvgIpc) is 2.82. The smallest absolute Gasteiger partial charge is 0.233 e. The Labute approximate surface area is 139 Å². The maximum absolute atomic E-state index is 12.3. The van der Waals surface area contributed by atoms with Crippen LogP contribution in [0.5, 0.6) is 0 Å². The maximum Gasteiger partial charge on any atom is 0.233 e. The van der Waals surface area contributed by atoms with Crippen LogP contribution in [-0.4, -0.2) is 31.3 Å². The summed E-state index contributed by atoms with van der Waals surface area (Å²) in [6.45, 7) is 8.20. The minimum absolute atomic E-state index is 0.0672. The van der Waals surface area contributed by atoms with Gasteiger partial charge < -0.3 is 0 Å². The summed E-state index contributed by atoms with van der Waals surface area (Å²) in [5.74, 6) is -0.430. The number of hydrogen-bond acceptors (Lipinski definition) is 4. The summed E-state index contributed by atoms with van der Waals surface area (Å²) in [6, 6.07) is 1.80. The third-order valence-corrected chi connectivity index (χ3v) is 4.94. The van der Waals surface area contributed by atoms with E-state index in [1.54, 1.807) is 16.8 Å². The quantitative estimate of drug-likeness (QED) is 0.791. The fourth-order valence-electron chi connectivity index (χ4n) is 3.38. The number of carbonyl (C=O) groups excluding carboxylic acids is 2. The fraction of sp³-hybridized carbons (Fsp3) is 0.500. The molecule has 4 rings (SSSR count). The van der Waals surface area contributed by atoms with Gasteiger partial charge in [0.15, 0.2) is 5.15 Å². The van der Waals surface area contributed by atoms with Gasteiger partial charge in [0.2, 0.25) is 11.8 Å². The van der Waals surface area contributed by atoms with Gasteiger partial charge in [-0.25, -0.2) is 9.50 Å². The maximum atomic E-state index is 12.3. The molecular formula is C16H19ClN4O2. The van der Waals surface area contributed by atoms with E-state index in [-0.39, 0.29) is 35.6 Å². The summed E-state index contributed by atoms with van der Waals surface area (Å²) >= 11 is 5.99. The molecule has 7 heteroatoms. The van der Waals surface area contributed by atoms with Gasteiger partial charge >= 0.3 is 0 Å². The molecule has 0 N–H and O–H groups in total. The highest BCUT2D eigenvalue weighted by Gasteiger charge is 2.72. The number of halogens is 1. The van der Waals surface area contributed by atoms with E-state index in [1.807, 2.05) is 27.7 Å². The van der Waals surface area contributed by atoms with E-state index >= 15 is 0 Å². The van der Waals surface area contributed by atoms with E-state index in [0.717, 1.165) is 5.56 Å². The van der Waals surface area contributed by atoms with Crippen LogP contribution < -0.4 is 0 Å². The molecule has 2 fully saturated rings. The second kappa shape index (κ2) is 5.30. The molecule has 2 atom stereocenters. The number of rotatable bonds is 2. The summed E-state index contributed by atoms with van der Waals surface area (Å²) < 4.78 is 1.60. The molecule has 3 heterocycles. The van der Waals surface area contributed by atoms with Gasteiger partial charge in [-0.3, -0.25) is 14.5 Å². The fourth-order valence-corrected chi connectivity index (χ4v) is 3.57. The SMILES string of the molecule is CC.CC1(C)C2C(=O)N(Cc3cc4c(Cl)ncnn4c3)C(=O)C21. The van der Waals surface area contributed by atoms with Crippen molar-refractivity contribution in [3.8, 4) is 0 Å². The number of carbonyl (C=O) groups is 2. The van der Waals surface area contributed by atoms with E-state index < -0.39 is 0 Å². The first kappa shape index (κ1) is 15.9. The molecule has 0 aromatic carbocycles. The van der Waals surface area contributed by atoms with Gasteiger partial charge in [-0.1, -0.05) is 39.3 Å². The number of amides is 2. The molecule has 2 unspecified atom stereocenters. The standard InChI is InChI=1S/C14H13ClN4O2.C2H6/c1-14(2)9-10(14)13(21)18(12(9)20)4-7-3-8-11(15)16-6-17-19(8)5-7;1-2/h3,5-6,9-10H,4H2,1-2H3;1-2H3.